The maximum atomic E-state index is 13.0. The number of anilines is 2. The summed E-state index contributed by atoms with van der Waals surface area (Å²) in [5, 5.41) is 5.93. The van der Waals surface area contributed by atoms with Crippen LogP contribution in [0.3, 0.4) is 0 Å². The highest BCUT2D eigenvalue weighted by Gasteiger charge is 2.32. The van der Waals surface area contributed by atoms with E-state index >= 15 is 0 Å². The van der Waals surface area contributed by atoms with E-state index in [-0.39, 0.29) is 19.1 Å². The number of esters is 2. The predicted octanol–water partition coefficient (Wildman–Crippen LogP) is 4.31. The average molecular weight is 608 g/mol. The molecule has 1 aliphatic rings. The van der Waals surface area contributed by atoms with E-state index in [2.05, 4.69) is 31.6 Å². The summed E-state index contributed by atoms with van der Waals surface area (Å²) in [5.41, 5.74) is 1.43. The Labute approximate surface area is 233 Å². The Balaban J connectivity index is 2.00. The van der Waals surface area contributed by atoms with Crippen LogP contribution in [-0.2, 0) is 23.9 Å². The van der Waals surface area contributed by atoms with Gasteiger partial charge in [0.05, 0.1) is 21.6 Å². The van der Waals surface area contributed by atoms with Crippen molar-refractivity contribution in [3.8, 4) is 0 Å². The number of rotatable bonds is 7. The van der Waals surface area contributed by atoms with Crippen molar-refractivity contribution in [2.75, 3.05) is 30.5 Å². The number of nitrogens with zero attached hydrogens (tertiary/aromatic N) is 2. The van der Waals surface area contributed by atoms with Crippen molar-refractivity contribution >= 4 is 68.5 Å². The van der Waals surface area contributed by atoms with Crippen molar-refractivity contribution in [2.45, 2.75) is 39.3 Å². The van der Waals surface area contributed by atoms with Crippen molar-refractivity contribution in [3.05, 3.63) is 57.0 Å². The highest BCUT2D eigenvalue weighted by atomic mass is 79.9. The van der Waals surface area contributed by atoms with Crippen LogP contribution in [0, 0.1) is 0 Å². The van der Waals surface area contributed by atoms with Crippen LogP contribution in [-0.4, -0.2) is 61.4 Å². The Bertz CT molecular complexity index is 1300. The van der Waals surface area contributed by atoms with Gasteiger partial charge in [-0.15, -0.1) is 0 Å². The molecule has 0 aromatic heterocycles. The SMILES string of the molecule is CC(=O)OCC(C)(COC(C)=O)NC(=O)Nc1ccc2c(c1Br)C(c1ccccc1Cl)=N[C@@H](C)C(=O)N2C. The van der Waals surface area contributed by atoms with Gasteiger partial charge in [-0.05, 0) is 48.0 Å². The van der Waals surface area contributed by atoms with E-state index in [0.29, 0.717) is 37.7 Å². The van der Waals surface area contributed by atoms with Crippen molar-refractivity contribution < 1.29 is 28.7 Å². The van der Waals surface area contributed by atoms with Crippen molar-refractivity contribution in [2.24, 2.45) is 4.99 Å². The zero-order chi connectivity index (χ0) is 28.2. The molecule has 0 saturated heterocycles. The quantitative estimate of drug-likeness (QED) is 0.452. The number of benzodiazepines with no additional fused rings is 1. The number of halogens is 2. The Kier molecular flexibility index (Phi) is 9.16. The number of aliphatic imine (C=N–C) groups is 1. The number of likely N-dealkylation sites (N-methyl/N-ethyl adjacent to an activating group) is 1. The molecule has 0 fully saturated rings. The van der Waals surface area contributed by atoms with Gasteiger partial charge in [0.15, 0.2) is 0 Å². The Morgan fingerprint density at radius 2 is 1.71 bits per heavy atom. The fourth-order valence-electron chi connectivity index (χ4n) is 3.80. The summed E-state index contributed by atoms with van der Waals surface area (Å²) in [6, 6.07) is 9.19. The van der Waals surface area contributed by atoms with Crippen LogP contribution < -0.4 is 15.5 Å². The normalized spacial score (nSPS) is 15.1. The molecule has 1 aliphatic heterocycles. The van der Waals surface area contributed by atoms with Gasteiger partial charge in [0, 0.05) is 37.0 Å². The third-order valence-electron chi connectivity index (χ3n) is 5.71. The zero-order valence-electron chi connectivity index (χ0n) is 21.6. The van der Waals surface area contributed by atoms with Gasteiger partial charge in [-0.1, -0.05) is 29.8 Å². The smallest absolute Gasteiger partial charge is 0.319 e. The first-order valence-electron chi connectivity index (χ1n) is 11.6. The minimum Gasteiger partial charge on any atom is -0.463 e. The van der Waals surface area contributed by atoms with E-state index in [1.165, 1.54) is 18.7 Å². The lowest BCUT2D eigenvalue weighted by molar-refractivity contribution is -0.147. The maximum Gasteiger partial charge on any atom is 0.319 e. The van der Waals surface area contributed by atoms with Crippen molar-refractivity contribution in [1.29, 1.82) is 0 Å². The molecule has 0 unspecified atom stereocenters. The molecule has 0 radical (unpaired) electrons. The Hall–Kier alpha value is -3.44. The predicted molar refractivity (Wildman–Crippen MR) is 148 cm³/mol. The molecule has 2 aromatic rings. The molecule has 0 aliphatic carbocycles. The van der Waals surface area contributed by atoms with Gasteiger partial charge in [0.1, 0.15) is 24.8 Å². The lowest BCUT2D eigenvalue weighted by Gasteiger charge is -2.29. The van der Waals surface area contributed by atoms with E-state index in [0.717, 1.165) is 0 Å². The molecule has 1 atom stereocenters. The standard InChI is InChI=1S/C26H28BrClN4O6/c1-14-24(35)32(5)20-11-10-19(22(27)21(20)23(29-14)17-8-6-7-9-18(17)28)30-25(36)31-26(4,12-37-15(2)33)13-38-16(3)34/h6-11,14H,12-13H2,1-5H3,(H2,30,31,36)/t14-/m0/s1. The highest BCUT2D eigenvalue weighted by Crippen LogP contribution is 2.39. The molecule has 1 heterocycles. The van der Waals surface area contributed by atoms with E-state index in [9.17, 15) is 19.2 Å². The van der Waals surface area contributed by atoms with Crippen LogP contribution in [0.1, 0.15) is 38.8 Å². The Morgan fingerprint density at radius 1 is 1.11 bits per heavy atom. The van der Waals surface area contributed by atoms with Crippen molar-refractivity contribution in [3.63, 3.8) is 0 Å². The van der Waals surface area contributed by atoms with Gasteiger partial charge in [-0.2, -0.15) is 0 Å². The molecule has 12 heteroatoms. The molecule has 2 aromatic carbocycles. The summed E-state index contributed by atoms with van der Waals surface area (Å²) in [6.45, 7) is 5.31. The third-order valence-corrected chi connectivity index (χ3v) is 6.86. The zero-order valence-corrected chi connectivity index (χ0v) is 23.9. The molecular formula is C26H28BrClN4O6. The lowest BCUT2D eigenvalue weighted by Crippen LogP contribution is -2.54. The van der Waals surface area contributed by atoms with Crippen LogP contribution in [0.25, 0.3) is 0 Å². The molecule has 38 heavy (non-hydrogen) atoms. The molecule has 2 N–H and O–H groups in total. The Morgan fingerprint density at radius 3 is 2.29 bits per heavy atom. The fourth-order valence-corrected chi connectivity index (χ4v) is 4.65. The summed E-state index contributed by atoms with van der Waals surface area (Å²) in [6.07, 6.45) is 0. The first kappa shape index (κ1) is 29.1. The summed E-state index contributed by atoms with van der Waals surface area (Å²) in [7, 11) is 1.66. The number of nitrogens with one attached hydrogen (secondary N) is 2. The number of hydrogen-bond acceptors (Lipinski definition) is 7. The number of ether oxygens (including phenoxy) is 2. The summed E-state index contributed by atoms with van der Waals surface area (Å²) >= 11 is 10.1. The highest BCUT2D eigenvalue weighted by molar-refractivity contribution is 9.10. The second kappa shape index (κ2) is 12.0. The van der Waals surface area contributed by atoms with Gasteiger partial charge in [-0.3, -0.25) is 19.4 Å². The van der Waals surface area contributed by atoms with Gasteiger partial charge >= 0.3 is 18.0 Å². The van der Waals surface area contributed by atoms with Gasteiger partial charge in [0.25, 0.3) is 5.91 Å². The number of carbonyl (C=O) groups excluding carboxylic acids is 4. The fraction of sp³-hybridized carbons (Fsp3) is 0.346. The summed E-state index contributed by atoms with van der Waals surface area (Å²) < 4.78 is 10.6. The molecule has 3 amide bonds. The van der Waals surface area contributed by atoms with Crippen molar-refractivity contribution in [1.82, 2.24) is 5.32 Å². The molecule has 3 rings (SSSR count). The minimum atomic E-state index is -1.20. The first-order valence-corrected chi connectivity index (χ1v) is 12.8. The summed E-state index contributed by atoms with van der Waals surface area (Å²) in [4.78, 5) is 54.9. The first-order chi connectivity index (χ1) is 17.8. The number of urea groups is 1. The van der Waals surface area contributed by atoms with E-state index in [1.807, 2.05) is 12.1 Å². The number of fused-ring (bicyclic) bond motifs is 1. The monoisotopic (exact) mass is 606 g/mol. The molecule has 0 bridgehead atoms. The van der Waals surface area contributed by atoms with E-state index in [4.69, 9.17) is 21.1 Å². The van der Waals surface area contributed by atoms with Crippen LogP contribution in [0.2, 0.25) is 5.02 Å². The lowest BCUT2D eigenvalue weighted by atomic mass is 9.99. The number of carbonyl (C=O) groups is 4. The van der Waals surface area contributed by atoms with Gasteiger partial charge < -0.3 is 25.0 Å². The second-order valence-electron chi connectivity index (χ2n) is 9.05. The molecular weight excluding hydrogens is 580 g/mol. The molecule has 10 nitrogen and oxygen atoms in total. The maximum absolute atomic E-state index is 13.0. The number of benzene rings is 2. The van der Waals surface area contributed by atoms with Gasteiger partial charge in [-0.25, -0.2) is 4.79 Å². The molecule has 0 spiro atoms. The molecule has 0 saturated carbocycles. The largest absolute Gasteiger partial charge is 0.463 e. The third kappa shape index (κ3) is 6.70. The van der Waals surface area contributed by atoms with Crippen LogP contribution in [0.4, 0.5) is 16.2 Å². The van der Waals surface area contributed by atoms with Crippen LogP contribution >= 0.6 is 27.5 Å². The van der Waals surface area contributed by atoms with E-state index < -0.39 is 29.6 Å². The van der Waals surface area contributed by atoms with Gasteiger partial charge in [0.2, 0.25) is 0 Å². The summed E-state index contributed by atoms with van der Waals surface area (Å²) in [5.74, 6) is -1.30. The average Bonchev–Trinajstić information content (AvgIpc) is 2.94. The minimum absolute atomic E-state index is 0.203. The van der Waals surface area contributed by atoms with Crippen LogP contribution in [0.15, 0.2) is 45.9 Å². The van der Waals surface area contributed by atoms with E-state index in [1.54, 1.807) is 45.2 Å². The number of amides is 3. The molecule has 202 valence electrons. The topological polar surface area (TPSA) is 126 Å². The van der Waals surface area contributed by atoms with Crippen LogP contribution in [0.5, 0.6) is 0 Å². The number of hydrogen-bond donors (Lipinski definition) is 2. The second-order valence-corrected chi connectivity index (χ2v) is 10.3.